The van der Waals surface area contributed by atoms with Crippen LogP contribution in [-0.2, 0) is 14.4 Å². The Morgan fingerprint density at radius 1 is 1.08 bits per heavy atom. The summed E-state index contributed by atoms with van der Waals surface area (Å²) in [5.41, 5.74) is 0.356. The summed E-state index contributed by atoms with van der Waals surface area (Å²) in [7, 11) is -1.77. The van der Waals surface area contributed by atoms with Gasteiger partial charge in [0.05, 0.1) is 0 Å². The number of carbonyl (C=O) groups is 3. The van der Waals surface area contributed by atoms with E-state index in [1.54, 1.807) is 0 Å². The fraction of sp³-hybridized carbons (Fsp3) is 0.438. The molecule has 0 bridgehead atoms. The minimum absolute atomic E-state index is 0.0152. The van der Waals surface area contributed by atoms with Gasteiger partial charge in [0.25, 0.3) is 0 Å². The van der Waals surface area contributed by atoms with Crippen LogP contribution >= 0.6 is 0 Å². The van der Waals surface area contributed by atoms with Crippen molar-refractivity contribution in [1.29, 1.82) is 0 Å². The van der Waals surface area contributed by atoms with Gasteiger partial charge in [-0.1, -0.05) is 31.8 Å². The number of phenolic OH excluding ortho intramolecular Hbond substituents is 1. The number of aliphatic carboxylic acids is 1. The Kier molecular flexibility index (Phi) is 7.13. The summed E-state index contributed by atoms with van der Waals surface area (Å²) in [5.74, 6) is -2.63. The van der Waals surface area contributed by atoms with Crippen molar-refractivity contribution in [3.05, 3.63) is 29.8 Å². The third-order valence-electron chi connectivity index (χ3n) is 3.37. The van der Waals surface area contributed by atoms with Crippen LogP contribution in [0.15, 0.2) is 24.3 Å². The van der Waals surface area contributed by atoms with Gasteiger partial charge in [0.1, 0.15) is 24.4 Å². The Balaban J connectivity index is 3.03. The smallest absolute Gasteiger partial charge is 0.325 e. The molecule has 0 aliphatic carbocycles. The van der Waals surface area contributed by atoms with Crippen LogP contribution in [0.25, 0.3) is 0 Å². The summed E-state index contributed by atoms with van der Waals surface area (Å²) in [4.78, 5) is 35.5. The lowest BCUT2D eigenvalue weighted by Crippen LogP contribution is -2.49. The zero-order valence-corrected chi connectivity index (χ0v) is 15.4. The Hall–Kier alpha value is -2.39. The molecule has 0 saturated heterocycles. The van der Waals surface area contributed by atoms with Crippen LogP contribution in [0.5, 0.6) is 5.75 Å². The number of phenols is 1. The van der Waals surface area contributed by atoms with E-state index >= 15 is 0 Å². The number of rotatable bonds is 8. The summed E-state index contributed by atoms with van der Waals surface area (Å²) in [5, 5.41) is 32.4. The highest BCUT2D eigenvalue weighted by atomic mass is 28.3. The molecule has 0 unspecified atom stereocenters. The molecular weight excluding hydrogens is 344 g/mol. The molecular formula is C16H24N2O6Si. The van der Waals surface area contributed by atoms with Crippen LogP contribution in [0.2, 0.25) is 25.7 Å². The lowest BCUT2D eigenvalue weighted by atomic mass is 10.1. The average Bonchev–Trinajstić information content (AvgIpc) is 2.51. The normalized spacial score (nSPS) is 13.6. The van der Waals surface area contributed by atoms with Crippen LogP contribution in [0.1, 0.15) is 11.6 Å². The first-order chi connectivity index (χ1) is 11.5. The number of carboxylic acids is 1. The molecule has 0 heterocycles. The first-order valence-corrected chi connectivity index (χ1v) is 11.5. The van der Waals surface area contributed by atoms with E-state index in [4.69, 9.17) is 5.11 Å². The van der Waals surface area contributed by atoms with Gasteiger partial charge in [0, 0.05) is 8.07 Å². The third-order valence-corrected chi connectivity index (χ3v) is 5.00. The van der Waals surface area contributed by atoms with Crippen LogP contribution in [0.4, 0.5) is 0 Å². The maximum atomic E-state index is 12.6. The SMILES string of the molecule is C[Si](C)(C)C[C@H](NC(=O)[C@H](NC(=O)CO)c1ccc(O)cc1)C(=O)O. The molecule has 25 heavy (non-hydrogen) atoms. The topological polar surface area (TPSA) is 136 Å². The van der Waals surface area contributed by atoms with E-state index in [1.165, 1.54) is 24.3 Å². The van der Waals surface area contributed by atoms with Crippen LogP contribution in [0.3, 0.4) is 0 Å². The summed E-state index contributed by atoms with van der Waals surface area (Å²) < 4.78 is 0. The maximum absolute atomic E-state index is 12.6. The van der Waals surface area contributed by atoms with Crippen LogP contribution in [-0.4, -0.2) is 53.8 Å². The van der Waals surface area contributed by atoms with E-state index in [0.29, 0.717) is 11.6 Å². The van der Waals surface area contributed by atoms with Gasteiger partial charge < -0.3 is 26.0 Å². The van der Waals surface area contributed by atoms with Gasteiger partial charge in [0.15, 0.2) is 0 Å². The van der Waals surface area contributed by atoms with E-state index in [0.717, 1.165) is 0 Å². The number of hydrogen-bond donors (Lipinski definition) is 5. The molecule has 0 aliphatic heterocycles. The summed E-state index contributed by atoms with van der Waals surface area (Å²) in [6.45, 7) is 5.15. The summed E-state index contributed by atoms with van der Waals surface area (Å²) >= 11 is 0. The van der Waals surface area contributed by atoms with Gasteiger partial charge in [-0.3, -0.25) is 14.4 Å². The van der Waals surface area contributed by atoms with Crippen molar-refractivity contribution in [3.63, 3.8) is 0 Å². The molecule has 0 radical (unpaired) electrons. The second kappa shape index (κ2) is 8.63. The molecule has 8 nitrogen and oxygen atoms in total. The highest BCUT2D eigenvalue weighted by Crippen LogP contribution is 2.19. The van der Waals surface area contributed by atoms with Crippen molar-refractivity contribution in [3.8, 4) is 5.75 Å². The Bertz CT molecular complexity index is 627. The standard InChI is InChI=1S/C16H24N2O6Si/c1-25(2,3)9-12(16(23)24)17-15(22)14(18-13(21)8-19)10-4-6-11(20)7-5-10/h4-7,12,14,19-20H,8-9H2,1-3H3,(H,17,22)(H,18,21)(H,23,24)/t12-,14+/m0/s1. The second-order valence-corrected chi connectivity index (χ2v) is 12.4. The van der Waals surface area contributed by atoms with Crippen molar-refractivity contribution in [2.24, 2.45) is 0 Å². The summed E-state index contributed by atoms with van der Waals surface area (Å²) in [6, 6.07) is 3.66. The molecule has 1 rings (SSSR count). The molecule has 0 aromatic heterocycles. The molecule has 0 saturated carbocycles. The van der Waals surface area contributed by atoms with Gasteiger partial charge in [0.2, 0.25) is 11.8 Å². The lowest BCUT2D eigenvalue weighted by molar-refractivity contribution is -0.141. The number of aromatic hydroxyl groups is 1. The number of amides is 2. The lowest BCUT2D eigenvalue weighted by Gasteiger charge is -2.25. The van der Waals surface area contributed by atoms with Gasteiger partial charge in [-0.05, 0) is 23.7 Å². The van der Waals surface area contributed by atoms with Crippen molar-refractivity contribution < 1.29 is 29.7 Å². The van der Waals surface area contributed by atoms with Gasteiger partial charge in [-0.15, -0.1) is 0 Å². The highest BCUT2D eigenvalue weighted by Gasteiger charge is 2.31. The molecule has 1 aromatic rings. The van der Waals surface area contributed by atoms with Crippen LogP contribution in [0, 0.1) is 0 Å². The van der Waals surface area contributed by atoms with E-state index in [9.17, 15) is 24.6 Å². The first kappa shape index (κ1) is 20.7. The zero-order valence-electron chi connectivity index (χ0n) is 14.4. The summed E-state index contributed by atoms with van der Waals surface area (Å²) in [6.07, 6.45) is 0. The third kappa shape index (κ3) is 6.94. The number of aliphatic hydroxyl groups is 1. The molecule has 138 valence electrons. The van der Waals surface area contributed by atoms with E-state index < -0.39 is 44.5 Å². The van der Waals surface area contributed by atoms with Crippen molar-refractivity contribution in [1.82, 2.24) is 10.6 Å². The zero-order chi connectivity index (χ0) is 19.2. The maximum Gasteiger partial charge on any atom is 0.325 e. The van der Waals surface area contributed by atoms with Gasteiger partial charge in [-0.2, -0.15) is 0 Å². The monoisotopic (exact) mass is 368 g/mol. The van der Waals surface area contributed by atoms with Gasteiger partial charge in [-0.25, -0.2) is 0 Å². The quantitative estimate of drug-likeness (QED) is 0.423. The number of nitrogens with one attached hydrogen (secondary N) is 2. The molecule has 0 fully saturated rings. The number of carbonyl (C=O) groups excluding carboxylic acids is 2. The number of benzene rings is 1. The predicted molar refractivity (Wildman–Crippen MR) is 93.8 cm³/mol. The Morgan fingerprint density at radius 2 is 1.64 bits per heavy atom. The predicted octanol–water partition coefficient (Wildman–Crippen LogP) is 0.449. The van der Waals surface area contributed by atoms with Gasteiger partial charge >= 0.3 is 5.97 Å². The van der Waals surface area contributed by atoms with E-state index in [-0.39, 0.29) is 5.75 Å². The van der Waals surface area contributed by atoms with Crippen molar-refractivity contribution in [2.75, 3.05) is 6.61 Å². The molecule has 2 amide bonds. The Labute approximate surface area is 146 Å². The Morgan fingerprint density at radius 3 is 2.08 bits per heavy atom. The highest BCUT2D eigenvalue weighted by molar-refractivity contribution is 6.76. The molecule has 0 spiro atoms. The molecule has 2 atom stereocenters. The largest absolute Gasteiger partial charge is 0.508 e. The minimum atomic E-state index is -1.77. The molecule has 1 aromatic carbocycles. The number of hydrogen-bond acceptors (Lipinski definition) is 5. The number of aliphatic hydroxyl groups excluding tert-OH is 1. The van der Waals surface area contributed by atoms with Crippen molar-refractivity contribution in [2.45, 2.75) is 37.8 Å². The fourth-order valence-electron chi connectivity index (χ4n) is 2.24. The van der Waals surface area contributed by atoms with Crippen LogP contribution < -0.4 is 10.6 Å². The average molecular weight is 368 g/mol. The minimum Gasteiger partial charge on any atom is -0.508 e. The molecule has 5 N–H and O–H groups in total. The first-order valence-electron chi connectivity index (χ1n) is 7.76. The second-order valence-electron chi connectivity index (χ2n) is 6.91. The van der Waals surface area contributed by atoms with E-state index in [2.05, 4.69) is 10.6 Å². The molecule has 0 aliphatic rings. The fourth-order valence-corrected chi connectivity index (χ4v) is 3.74. The number of carboxylic acid groups (broad SMARTS) is 1. The molecule has 9 heteroatoms. The van der Waals surface area contributed by atoms with Crippen molar-refractivity contribution >= 4 is 25.9 Å². The van der Waals surface area contributed by atoms with E-state index in [1.807, 2.05) is 19.6 Å².